The highest BCUT2D eigenvalue weighted by Gasteiger charge is 2.53. The van der Waals surface area contributed by atoms with Crippen LogP contribution in [-0.4, -0.2) is 19.2 Å². The Kier molecular flexibility index (Phi) is 6.12. The zero-order valence-corrected chi connectivity index (χ0v) is 18.6. The SMILES string of the molecule is CC.CCC1C2CC=C3C=C(OC)CC[C@]3(C)C2=CC[C@]1(C)C1CCC(=O)O1. The van der Waals surface area contributed by atoms with Crippen LogP contribution < -0.4 is 0 Å². The van der Waals surface area contributed by atoms with Crippen molar-refractivity contribution in [3.63, 3.8) is 0 Å². The molecule has 28 heavy (non-hydrogen) atoms. The Balaban J connectivity index is 0.00000109. The van der Waals surface area contributed by atoms with E-state index in [4.69, 9.17) is 9.47 Å². The minimum absolute atomic E-state index is 0.0110. The molecule has 1 heterocycles. The van der Waals surface area contributed by atoms with Gasteiger partial charge < -0.3 is 9.47 Å². The molecule has 0 amide bonds. The van der Waals surface area contributed by atoms with E-state index < -0.39 is 0 Å². The highest BCUT2D eigenvalue weighted by Crippen LogP contribution is 2.60. The van der Waals surface area contributed by atoms with E-state index in [1.807, 2.05) is 13.8 Å². The topological polar surface area (TPSA) is 35.5 Å². The summed E-state index contributed by atoms with van der Waals surface area (Å²) in [5.74, 6) is 2.24. The van der Waals surface area contributed by atoms with Gasteiger partial charge in [-0.25, -0.2) is 0 Å². The molecular weight excluding hydrogens is 348 g/mol. The number of carbonyl (C=O) groups is 1. The molecule has 0 aromatic carbocycles. The monoisotopic (exact) mass is 386 g/mol. The van der Waals surface area contributed by atoms with Crippen LogP contribution in [0, 0.1) is 22.7 Å². The molecule has 0 radical (unpaired) electrons. The summed E-state index contributed by atoms with van der Waals surface area (Å²) < 4.78 is 11.3. The fraction of sp³-hybridized carbons (Fsp3) is 0.720. The molecule has 156 valence electrons. The molecule has 0 spiro atoms. The molecule has 3 aliphatic carbocycles. The molecule has 0 aromatic rings. The van der Waals surface area contributed by atoms with Crippen molar-refractivity contribution in [2.75, 3.05) is 7.11 Å². The number of hydrogen-bond donors (Lipinski definition) is 0. The molecule has 0 aromatic heterocycles. The Morgan fingerprint density at radius 1 is 1.21 bits per heavy atom. The average molecular weight is 387 g/mol. The molecule has 3 unspecified atom stereocenters. The lowest BCUT2D eigenvalue weighted by Crippen LogP contribution is -2.48. The van der Waals surface area contributed by atoms with Gasteiger partial charge in [0.1, 0.15) is 6.10 Å². The van der Waals surface area contributed by atoms with Crippen LogP contribution in [0.2, 0.25) is 0 Å². The fourth-order valence-corrected chi connectivity index (χ4v) is 6.28. The van der Waals surface area contributed by atoms with E-state index in [2.05, 4.69) is 39.0 Å². The normalized spacial score (nSPS) is 39.3. The Bertz CT molecular complexity index is 701. The minimum atomic E-state index is -0.0110. The minimum Gasteiger partial charge on any atom is -0.501 e. The number of hydrogen-bond acceptors (Lipinski definition) is 3. The smallest absolute Gasteiger partial charge is 0.306 e. The summed E-state index contributed by atoms with van der Waals surface area (Å²) in [6.07, 6.45) is 14.2. The van der Waals surface area contributed by atoms with Gasteiger partial charge in [-0.2, -0.15) is 0 Å². The van der Waals surface area contributed by atoms with Crippen LogP contribution >= 0.6 is 0 Å². The summed E-state index contributed by atoms with van der Waals surface area (Å²) >= 11 is 0. The highest BCUT2D eigenvalue weighted by molar-refractivity contribution is 5.71. The largest absolute Gasteiger partial charge is 0.501 e. The number of allylic oxidation sites excluding steroid dienone is 6. The second-order valence-corrected chi connectivity index (χ2v) is 9.05. The zero-order chi connectivity index (χ0) is 20.5. The summed E-state index contributed by atoms with van der Waals surface area (Å²) in [5.41, 5.74) is 3.29. The molecule has 5 atom stereocenters. The maximum Gasteiger partial charge on any atom is 0.306 e. The molecule has 1 aliphatic heterocycles. The Morgan fingerprint density at radius 3 is 2.57 bits per heavy atom. The highest BCUT2D eigenvalue weighted by atomic mass is 16.6. The lowest BCUT2D eigenvalue weighted by molar-refractivity contribution is -0.149. The molecule has 4 rings (SSSR count). The average Bonchev–Trinajstić information content (AvgIpc) is 3.16. The van der Waals surface area contributed by atoms with Gasteiger partial charge >= 0.3 is 5.97 Å². The van der Waals surface area contributed by atoms with E-state index >= 15 is 0 Å². The number of cyclic esters (lactones) is 1. The Labute approximate surface area is 171 Å². The third-order valence-electron chi connectivity index (χ3n) is 7.87. The van der Waals surface area contributed by atoms with Crippen LogP contribution in [0.4, 0.5) is 0 Å². The van der Waals surface area contributed by atoms with E-state index in [0.717, 1.165) is 44.3 Å². The van der Waals surface area contributed by atoms with Gasteiger partial charge in [0, 0.05) is 23.7 Å². The predicted molar refractivity (Wildman–Crippen MR) is 114 cm³/mol. The van der Waals surface area contributed by atoms with Crippen molar-refractivity contribution < 1.29 is 14.3 Å². The number of esters is 1. The van der Waals surface area contributed by atoms with Gasteiger partial charge in [0.2, 0.25) is 0 Å². The van der Waals surface area contributed by atoms with Crippen LogP contribution in [0.5, 0.6) is 0 Å². The third-order valence-corrected chi connectivity index (χ3v) is 7.87. The molecule has 1 saturated heterocycles. The van der Waals surface area contributed by atoms with Crippen molar-refractivity contribution in [3.05, 3.63) is 35.1 Å². The maximum absolute atomic E-state index is 11.7. The lowest BCUT2D eigenvalue weighted by atomic mass is 9.51. The van der Waals surface area contributed by atoms with Gasteiger partial charge in [0.25, 0.3) is 0 Å². The first-order chi connectivity index (χ1) is 13.4. The summed E-state index contributed by atoms with van der Waals surface area (Å²) in [6, 6.07) is 0. The van der Waals surface area contributed by atoms with Crippen molar-refractivity contribution in [1.82, 2.24) is 0 Å². The lowest BCUT2D eigenvalue weighted by Gasteiger charge is -2.54. The Hall–Kier alpha value is -1.51. The number of ether oxygens (including phenoxy) is 2. The molecular formula is C25H38O3. The second kappa shape index (κ2) is 8.08. The van der Waals surface area contributed by atoms with Gasteiger partial charge in [-0.3, -0.25) is 4.79 Å². The van der Waals surface area contributed by atoms with Crippen LogP contribution in [0.25, 0.3) is 0 Å². The van der Waals surface area contributed by atoms with Crippen LogP contribution in [-0.2, 0) is 14.3 Å². The van der Waals surface area contributed by atoms with Gasteiger partial charge in [0.05, 0.1) is 12.9 Å². The number of rotatable bonds is 3. The standard InChI is InChI=1S/C23H32O3.C2H6/c1-5-18-17-7-6-15-14-16(25-4)10-12-22(15,2)19(17)11-13-23(18,3)20-8-9-21(24)26-20;1-2/h6,11,14,17-18,20H,5,7-10,12-13H2,1-4H3;1-2H3/t17?,18?,20?,22-,23-;/m0./s1. The van der Waals surface area contributed by atoms with E-state index in [9.17, 15) is 4.79 Å². The molecule has 3 heteroatoms. The number of fused-ring (bicyclic) bond motifs is 3. The first kappa shape index (κ1) is 21.2. The van der Waals surface area contributed by atoms with E-state index in [-0.39, 0.29) is 22.9 Å². The van der Waals surface area contributed by atoms with Crippen LogP contribution in [0.3, 0.4) is 0 Å². The number of carbonyl (C=O) groups excluding carboxylic acids is 1. The third kappa shape index (κ3) is 3.25. The molecule has 0 bridgehead atoms. The maximum atomic E-state index is 11.7. The molecule has 3 nitrogen and oxygen atoms in total. The van der Waals surface area contributed by atoms with Gasteiger partial charge in [-0.1, -0.05) is 58.8 Å². The first-order valence-electron chi connectivity index (χ1n) is 11.3. The van der Waals surface area contributed by atoms with E-state index in [1.165, 1.54) is 5.57 Å². The summed E-state index contributed by atoms with van der Waals surface area (Å²) in [6.45, 7) is 11.1. The summed E-state index contributed by atoms with van der Waals surface area (Å²) in [7, 11) is 1.78. The van der Waals surface area contributed by atoms with Crippen molar-refractivity contribution in [2.24, 2.45) is 22.7 Å². The Morgan fingerprint density at radius 2 is 1.96 bits per heavy atom. The second-order valence-electron chi connectivity index (χ2n) is 9.05. The van der Waals surface area contributed by atoms with E-state index in [1.54, 1.807) is 12.7 Å². The van der Waals surface area contributed by atoms with Gasteiger partial charge in [-0.05, 0) is 49.2 Å². The van der Waals surface area contributed by atoms with Crippen molar-refractivity contribution in [2.45, 2.75) is 85.7 Å². The summed E-state index contributed by atoms with van der Waals surface area (Å²) in [5, 5.41) is 0. The van der Waals surface area contributed by atoms with Crippen molar-refractivity contribution in [3.8, 4) is 0 Å². The van der Waals surface area contributed by atoms with Crippen LogP contribution in [0.1, 0.15) is 79.6 Å². The van der Waals surface area contributed by atoms with Gasteiger partial charge in [-0.15, -0.1) is 0 Å². The first-order valence-corrected chi connectivity index (χ1v) is 11.3. The summed E-state index contributed by atoms with van der Waals surface area (Å²) in [4.78, 5) is 11.7. The fourth-order valence-electron chi connectivity index (χ4n) is 6.28. The van der Waals surface area contributed by atoms with Crippen molar-refractivity contribution in [1.29, 1.82) is 0 Å². The zero-order valence-electron chi connectivity index (χ0n) is 18.6. The van der Waals surface area contributed by atoms with Crippen LogP contribution in [0.15, 0.2) is 35.1 Å². The molecule has 0 saturated carbocycles. The quantitative estimate of drug-likeness (QED) is 0.418. The van der Waals surface area contributed by atoms with Gasteiger partial charge in [0.15, 0.2) is 0 Å². The van der Waals surface area contributed by atoms with Crippen molar-refractivity contribution >= 4 is 5.97 Å². The molecule has 4 aliphatic rings. The molecule has 1 fully saturated rings. The molecule has 0 N–H and O–H groups in total. The number of methoxy groups -OCH3 is 1. The van der Waals surface area contributed by atoms with E-state index in [0.29, 0.717) is 18.3 Å². The predicted octanol–water partition coefficient (Wildman–Crippen LogP) is 6.36.